The molecule has 0 aromatic heterocycles. The summed E-state index contributed by atoms with van der Waals surface area (Å²) in [6.07, 6.45) is 5.06. The summed E-state index contributed by atoms with van der Waals surface area (Å²) in [5.41, 5.74) is 0.761. The van der Waals surface area contributed by atoms with Gasteiger partial charge in [-0.3, -0.25) is 0 Å². The Morgan fingerprint density at radius 2 is 2.22 bits per heavy atom. The van der Waals surface area contributed by atoms with Crippen LogP contribution in [-0.4, -0.2) is 23.7 Å². The zero-order valence-corrected chi connectivity index (χ0v) is 10.9. The number of benzene rings is 1. The van der Waals surface area contributed by atoms with Gasteiger partial charge in [0.15, 0.2) is 0 Å². The molecular formula is C14H15NO2S. The van der Waals surface area contributed by atoms with Crippen molar-refractivity contribution >= 4 is 17.8 Å². The van der Waals surface area contributed by atoms with Crippen LogP contribution in [0.1, 0.15) is 24.8 Å². The zero-order valence-electron chi connectivity index (χ0n) is 10.1. The number of thioether (sulfide) groups is 1. The van der Waals surface area contributed by atoms with Gasteiger partial charge in [0, 0.05) is 11.5 Å². The van der Waals surface area contributed by atoms with E-state index >= 15 is 0 Å². The minimum atomic E-state index is -0.324. The number of rotatable bonds is 4. The molecule has 1 saturated carbocycles. The van der Waals surface area contributed by atoms with E-state index < -0.39 is 0 Å². The van der Waals surface area contributed by atoms with Crippen LogP contribution in [0.15, 0.2) is 29.3 Å². The van der Waals surface area contributed by atoms with Crippen molar-refractivity contribution in [2.45, 2.75) is 30.9 Å². The summed E-state index contributed by atoms with van der Waals surface area (Å²) in [7, 11) is 0. The lowest BCUT2D eigenvalue weighted by atomic mass is 9.72. The Morgan fingerprint density at radius 3 is 2.78 bits per heavy atom. The fourth-order valence-corrected chi connectivity index (χ4v) is 2.96. The zero-order chi connectivity index (χ0) is 12.4. The number of nitrogens with zero attached hydrogens (tertiary/aromatic N) is 1. The van der Waals surface area contributed by atoms with Gasteiger partial charge in [0.1, 0.15) is 11.9 Å². The van der Waals surface area contributed by atoms with E-state index in [1.54, 1.807) is 6.08 Å². The molecule has 3 rings (SSSR count). The molecule has 0 radical (unpaired) electrons. The second-order valence-corrected chi connectivity index (χ2v) is 5.97. The Balaban J connectivity index is 1.83. The number of hydrogen-bond acceptors (Lipinski definition) is 4. The van der Waals surface area contributed by atoms with Crippen LogP contribution in [0.4, 0.5) is 0 Å². The van der Waals surface area contributed by atoms with Crippen LogP contribution in [0.2, 0.25) is 0 Å². The van der Waals surface area contributed by atoms with E-state index in [1.807, 2.05) is 36.0 Å². The summed E-state index contributed by atoms with van der Waals surface area (Å²) in [5, 5.41) is 0. The average Bonchev–Trinajstić information content (AvgIpc) is 2.29. The van der Waals surface area contributed by atoms with Crippen molar-refractivity contribution in [2.24, 2.45) is 4.99 Å². The van der Waals surface area contributed by atoms with E-state index in [4.69, 9.17) is 4.74 Å². The summed E-state index contributed by atoms with van der Waals surface area (Å²) < 4.78 is 5.87. The fraction of sp³-hybridized carbons (Fsp3) is 0.500. The van der Waals surface area contributed by atoms with Gasteiger partial charge in [0.25, 0.3) is 0 Å². The van der Waals surface area contributed by atoms with Crippen LogP contribution >= 0.6 is 11.8 Å². The third kappa shape index (κ3) is 2.06. The van der Waals surface area contributed by atoms with E-state index in [0.717, 1.165) is 42.1 Å². The SMILES string of the molecule is O=C=NC1(c2cccc(OC3CSC3)c2)CCC1. The molecule has 0 spiro atoms. The van der Waals surface area contributed by atoms with Crippen molar-refractivity contribution in [1.29, 1.82) is 0 Å². The van der Waals surface area contributed by atoms with Gasteiger partial charge >= 0.3 is 0 Å². The van der Waals surface area contributed by atoms with Gasteiger partial charge in [-0.1, -0.05) is 12.1 Å². The lowest BCUT2D eigenvalue weighted by Crippen LogP contribution is -2.33. The molecule has 18 heavy (non-hydrogen) atoms. The second-order valence-electron chi connectivity index (χ2n) is 4.89. The summed E-state index contributed by atoms with van der Waals surface area (Å²) in [5.74, 6) is 3.04. The molecule has 4 heteroatoms. The number of aliphatic imine (C=N–C) groups is 1. The third-order valence-corrected chi connectivity index (χ3v) is 4.94. The average molecular weight is 261 g/mol. The molecule has 1 aromatic carbocycles. The Labute approximate surface area is 111 Å². The molecule has 1 aromatic rings. The molecule has 0 atom stereocenters. The van der Waals surface area contributed by atoms with Crippen molar-refractivity contribution in [3.63, 3.8) is 0 Å². The molecule has 1 heterocycles. The number of hydrogen-bond donors (Lipinski definition) is 0. The van der Waals surface area contributed by atoms with E-state index in [1.165, 1.54) is 0 Å². The van der Waals surface area contributed by atoms with Crippen LogP contribution in [0.5, 0.6) is 5.75 Å². The highest BCUT2D eigenvalue weighted by Gasteiger charge is 2.39. The maximum atomic E-state index is 10.6. The molecule has 1 saturated heterocycles. The summed E-state index contributed by atoms with van der Waals surface area (Å²) in [6, 6.07) is 8.02. The first-order valence-corrected chi connectivity index (χ1v) is 7.42. The lowest BCUT2D eigenvalue weighted by molar-refractivity contribution is 0.234. The highest BCUT2D eigenvalue weighted by atomic mass is 32.2. The Morgan fingerprint density at radius 1 is 1.39 bits per heavy atom. The standard InChI is InChI=1S/C14H15NO2S/c16-10-15-14(5-2-6-14)11-3-1-4-12(7-11)17-13-8-18-9-13/h1,3-4,7,13H,2,5-6,8-9H2. The highest BCUT2D eigenvalue weighted by molar-refractivity contribution is 8.00. The first-order chi connectivity index (χ1) is 8.82. The summed E-state index contributed by atoms with van der Waals surface area (Å²) >= 11 is 1.90. The molecule has 0 unspecified atom stereocenters. The van der Waals surface area contributed by atoms with Crippen molar-refractivity contribution in [2.75, 3.05) is 11.5 Å². The molecule has 0 amide bonds. The normalized spacial score (nSPS) is 21.3. The van der Waals surface area contributed by atoms with E-state index in [2.05, 4.69) is 4.99 Å². The maximum absolute atomic E-state index is 10.6. The van der Waals surface area contributed by atoms with Crippen LogP contribution in [0.3, 0.4) is 0 Å². The molecule has 0 bridgehead atoms. The predicted molar refractivity (Wildman–Crippen MR) is 71.8 cm³/mol. The minimum Gasteiger partial charge on any atom is -0.489 e. The van der Waals surface area contributed by atoms with Gasteiger partial charge in [-0.05, 0) is 37.0 Å². The largest absolute Gasteiger partial charge is 0.489 e. The van der Waals surface area contributed by atoms with Crippen molar-refractivity contribution < 1.29 is 9.53 Å². The van der Waals surface area contributed by atoms with Crippen LogP contribution in [0, 0.1) is 0 Å². The summed E-state index contributed by atoms with van der Waals surface area (Å²) in [4.78, 5) is 14.6. The quantitative estimate of drug-likeness (QED) is 0.618. The van der Waals surface area contributed by atoms with Gasteiger partial charge in [-0.2, -0.15) is 16.8 Å². The van der Waals surface area contributed by atoms with Gasteiger partial charge in [0.05, 0.1) is 5.54 Å². The molecule has 1 aliphatic carbocycles. The van der Waals surface area contributed by atoms with Gasteiger partial charge in [0.2, 0.25) is 6.08 Å². The van der Waals surface area contributed by atoms with Crippen LogP contribution in [0.25, 0.3) is 0 Å². The minimum absolute atomic E-state index is 0.324. The van der Waals surface area contributed by atoms with E-state index in [-0.39, 0.29) is 5.54 Å². The second kappa shape index (κ2) is 4.79. The fourth-order valence-electron chi connectivity index (χ4n) is 2.40. The highest BCUT2D eigenvalue weighted by Crippen LogP contribution is 2.45. The Kier molecular flexibility index (Phi) is 3.14. The molecular weight excluding hydrogens is 246 g/mol. The molecule has 3 nitrogen and oxygen atoms in total. The molecule has 94 valence electrons. The lowest BCUT2D eigenvalue weighted by Gasteiger charge is -2.37. The van der Waals surface area contributed by atoms with Crippen LogP contribution in [-0.2, 0) is 10.3 Å². The van der Waals surface area contributed by atoms with E-state index in [0.29, 0.717) is 6.10 Å². The number of isocyanates is 1. The first kappa shape index (κ1) is 11.8. The molecule has 2 aliphatic rings. The first-order valence-electron chi connectivity index (χ1n) is 6.26. The topological polar surface area (TPSA) is 38.7 Å². The summed E-state index contributed by atoms with van der Waals surface area (Å²) in [6.45, 7) is 0. The van der Waals surface area contributed by atoms with Gasteiger partial charge in [-0.15, -0.1) is 0 Å². The maximum Gasteiger partial charge on any atom is 0.235 e. The van der Waals surface area contributed by atoms with E-state index in [9.17, 15) is 4.79 Å². The van der Waals surface area contributed by atoms with Crippen LogP contribution < -0.4 is 4.74 Å². The predicted octanol–water partition coefficient (Wildman–Crippen LogP) is 2.90. The number of carbonyl (C=O) groups excluding carboxylic acids is 1. The molecule has 1 aliphatic heterocycles. The smallest absolute Gasteiger partial charge is 0.235 e. The molecule has 0 N–H and O–H groups in total. The van der Waals surface area contributed by atoms with Crippen molar-refractivity contribution in [1.82, 2.24) is 0 Å². The van der Waals surface area contributed by atoms with Crippen molar-refractivity contribution in [3.05, 3.63) is 29.8 Å². The van der Waals surface area contributed by atoms with Gasteiger partial charge in [-0.25, -0.2) is 4.79 Å². The Hall–Kier alpha value is -1.25. The third-order valence-electron chi connectivity index (χ3n) is 3.72. The monoisotopic (exact) mass is 261 g/mol. The van der Waals surface area contributed by atoms with Crippen molar-refractivity contribution in [3.8, 4) is 5.75 Å². The Bertz CT molecular complexity index is 488. The van der Waals surface area contributed by atoms with Gasteiger partial charge < -0.3 is 4.74 Å². The number of ether oxygens (including phenoxy) is 1. The molecule has 2 fully saturated rings.